The largest absolute Gasteiger partial charge is 0.496 e. The zero-order valence-electron chi connectivity index (χ0n) is 16.1. The quantitative estimate of drug-likeness (QED) is 0.516. The maximum atomic E-state index is 12.5. The lowest BCUT2D eigenvalue weighted by Crippen LogP contribution is -2.17. The van der Waals surface area contributed by atoms with E-state index in [1.54, 1.807) is 19.2 Å². The molecule has 0 bridgehead atoms. The van der Waals surface area contributed by atoms with Crippen molar-refractivity contribution in [3.63, 3.8) is 0 Å². The Morgan fingerprint density at radius 2 is 1.76 bits per heavy atom. The molecule has 3 aromatic rings. The number of para-hydroxylation sites is 2. The molecule has 0 saturated carbocycles. The van der Waals surface area contributed by atoms with Crippen LogP contribution in [0.3, 0.4) is 0 Å². The highest BCUT2D eigenvalue weighted by Gasteiger charge is 2.16. The van der Waals surface area contributed by atoms with Crippen molar-refractivity contribution in [3.05, 3.63) is 60.2 Å². The molecule has 0 spiro atoms. The van der Waals surface area contributed by atoms with Crippen LogP contribution in [-0.2, 0) is 0 Å². The number of methoxy groups -OCH3 is 1. The Kier molecular flexibility index (Phi) is 8.47. The van der Waals surface area contributed by atoms with E-state index in [-0.39, 0.29) is 11.3 Å². The predicted octanol–water partition coefficient (Wildman–Crippen LogP) is 5.15. The third-order valence-corrected chi connectivity index (χ3v) is 4.25. The zero-order valence-corrected chi connectivity index (χ0v) is 16.9. The standard InChI is InChI=1S/C18H15F2N3O3S.C2H6/c1-25-14-8-4-2-6-11(14)13-10-16(22-21-13)27-23-17(24)12-7-3-5-9-15(12)26-18(19)20;1-2/h2-10,18H,1H3,(H,21,22)(H,23,24);1-2H3. The molecule has 1 amide bonds. The molecule has 29 heavy (non-hydrogen) atoms. The van der Waals surface area contributed by atoms with Gasteiger partial charge in [0.05, 0.1) is 18.4 Å². The molecule has 0 aliphatic heterocycles. The van der Waals surface area contributed by atoms with E-state index in [0.29, 0.717) is 16.5 Å². The van der Waals surface area contributed by atoms with E-state index in [4.69, 9.17) is 4.74 Å². The van der Waals surface area contributed by atoms with Crippen molar-refractivity contribution in [2.24, 2.45) is 0 Å². The molecule has 1 aromatic heterocycles. The molecule has 2 N–H and O–H groups in total. The molecule has 0 saturated heterocycles. The first-order chi connectivity index (χ1) is 14.1. The number of benzene rings is 2. The van der Waals surface area contributed by atoms with E-state index in [1.165, 1.54) is 18.2 Å². The summed E-state index contributed by atoms with van der Waals surface area (Å²) in [5.41, 5.74) is 1.54. The SMILES string of the molecule is CC.COc1ccccc1-c1cc(SNC(=O)c2ccccc2OC(F)F)n[nH]1. The number of alkyl halides is 2. The summed E-state index contributed by atoms with van der Waals surface area (Å²) in [7, 11) is 1.57. The van der Waals surface area contributed by atoms with Crippen molar-refractivity contribution in [3.8, 4) is 22.8 Å². The van der Waals surface area contributed by atoms with Gasteiger partial charge in [-0.25, -0.2) is 0 Å². The number of aromatic nitrogens is 2. The van der Waals surface area contributed by atoms with E-state index in [9.17, 15) is 13.6 Å². The first kappa shape index (κ1) is 22.2. The van der Waals surface area contributed by atoms with Crippen LogP contribution in [0.2, 0.25) is 0 Å². The summed E-state index contributed by atoms with van der Waals surface area (Å²) in [6.45, 7) is 0.987. The van der Waals surface area contributed by atoms with Crippen LogP contribution in [0.15, 0.2) is 59.6 Å². The highest BCUT2D eigenvalue weighted by Crippen LogP contribution is 2.30. The molecule has 3 rings (SSSR count). The fourth-order valence-corrected chi connectivity index (χ4v) is 2.94. The number of aromatic amines is 1. The summed E-state index contributed by atoms with van der Waals surface area (Å²) in [4.78, 5) is 12.3. The second-order valence-electron chi connectivity index (χ2n) is 5.23. The van der Waals surface area contributed by atoms with Gasteiger partial charge in [-0.1, -0.05) is 38.1 Å². The molecule has 2 aromatic carbocycles. The third kappa shape index (κ3) is 5.95. The van der Waals surface area contributed by atoms with Crippen molar-refractivity contribution < 1.29 is 23.0 Å². The lowest BCUT2D eigenvalue weighted by molar-refractivity contribution is -0.0501. The molecule has 0 fully saturated rings. The Morgan fingerprint density at radius 1 is 1.10 bits per heavy atom. The Morgan fingerprint density at radius 3 is 2.45 bits per heavy atom. The number of rotatable bonds is 7. The van der Waals surface area contributed by atoms with Crippen LogP contribution in [0.25, 0.3) is 11.3 Å². The number of carbonyl (C=O) groups excluding carboxylic acids is 1. The minimum absolute atomic E-state index is 0.00536. The molecule has 6 nitrogen and oxygen atoms in total. The Labute approximate surface area is 171 Å². The molecule has 1 heterocycles. The number of ether oxygens (including phenoxy) is 2. The summed E-state index contributed by atoms with van der Waals surface area (Å²) >= 11 is 0.954. The summed E-state index contributed by atoms with van der Waals surface area (Å²) in [5, 5.41) is 7.49. The average molecular weight is 421 g/mol. The van der Waals surface area contributed by atoms with Gasteiger partial charge in [-0.05, 0) is 30.3 Å². The van der Waals surface area contributed by atoms with Gasteiger partial charge >= 0.3 is 6.61 Å². The van der Waals surface area contributed by atoms with Crippen LogP contribution in [0, 0.1) is 0 Å². The van der Waals surface area contributed by atoms with E-state index in [2.05, 4.69) is 19.7 Å². The molecule has 0 radical (unpaired) electrons. The van der Waals surface area contributed by atoms with E-state index in [0.717, 1.165) is 17.5 Å². The van der Waals surface area contributed by atoms with Gasteiger partial charge in [0.25, 0.3) is 5.91 Å². The van der Waals surface area contributed by atoms with Gasteiger partial charge in [-0.15, -0.1) is 0 Å². The van der Waals surface area contributed by atoms with Crippen molar-refractivity contribution in [1.29, 1.82) is 0 Å². The molecular formula is C20H21F2N3O3S. The number of H-pyrrole nitrogens is 1. The number of nitrogens with one attached hydrogen (secondary N) is 2. The monoisotopic (exact) mass is 421 g/mol. The summed E-state index contributed by atoms with van der Waals surface area (Å²) in [6, 6.07) is 14.9. The van der Waals surface area contributed by atoms with Gasteiger partial charge < -0.3 is 9.47 Å². The molecule has 0 atom stereocenters. The molecule has 0 unspecified atom stereocenters. The summed E-state index contributed by atoms with van der Waals surface area (Å²) < 4.78 is 37.2. The first-order valence-electron chi connectivity index (χ1n) is 8.78. The second kappa shape index (κ2) is 11.1. The van der Waals surface area contributed by atoms with Crippen molar-refractivity contribution in [1.82, 2.24) is 14.9 Å². The normalized spacial score (nSPS) is 10.1. The number of amides is 1. The maximum Gasteiger partial charge on any atom is 0.387 e. The molecular weight excluding hydrogens is 400 g/mol. The average Bonchev–Trinajstić information content (AvgIpc) is 3.22. The zero-order chi connectivity index (χ0) is 21.2. The topological polar surface area (TPSA) is 76.2 Å². The highest BCUT2D eigenvalue weighted by atomic mass is 32.2. The van der Waals surface area contributed by atoms with Crippen LogP contribution >= 0.6 is 11.9 Å². The van der Waals surface area contributed by atoms with Gasteiger partial charge in [0.15, 0.2) is 0 Å². The lowest BCUT2D eigenvalue weighted by atomic mass is 10.1. The number of hydrogen-bond acceptors (Lipinski definition) is 5. The van der Waals surface area contributed by atoms with Crippen LogP contribution in [0.4, 0.5) is 8.78 Å². The van der Waals surface area contributed by atoms with Gasteiger partial charge in [-0.2, -0.15) is 13.9 Å². The molecule has 154 valence electrons. The fraction of sp³-hybridized carbons (Fsp3) is 0.200. The lowest BCUT2D eigenvalue weighted by Gasteiger charge is -2.09. The van der Waals surface area contributed by atoms with Crippen LogP contribution < -0.4 is 14.2 Å². The van der Waals surface area contributed by atoms with Gasteiger partial charge in [0.1, 0.15) is 16.5 Å². The minimum atomic E-state index is -3.01. The third-order valence-electron chi connectivity index (χ3n) is 3.55. The first-order valence-corrected chi connectivity index (χ1v) is 9.60. The summed E-state index contributed by atoms with van der Waals surface area (Å²) in [5.74, 6) is -0.0831. The van der Waals surface area contributed by atoms with Crippen molar-refractivity contribution in [2.45, 2.75) is 25.5 Å². The number of hydrogen-bond donors (Lipinski definition) is 2. The van der Waals surface area contributed by atoms with Gasteiger partial charge in [0, 0.05) is 17.5 Å². The molecule has 0 aliphatic carbocycles. The smallest absolute Gasteiger partial charge is 0.387 e. The number of nitrogens with zero attached hydrogens (tertiary/aromatic N) is 1. The maximum absolute atomic E-state index is 12.5. The molecule has 9 heteroatoms. The second-order valence-corrected chi connectivity index (χ2v) is 6.05. The Balaban J connectivity index is 0.00000145. The van der Waals surface area contributed by atoms with Crippen molar-refractivity contribution in [2.75, 3.05) is 7.11 Å². The van der Waals surface area contributed by atoms with E-state index in [1.807, 2.05) is 38.1 Å². The minimum Gasteiger partial charge on any atom is -0.496 e. The van der Waals surface area contributed by atoms with Crippen molar-refractivity contribution >= 4 is 17.9 Å². The van der Waals surface area contributed by atoms with Crippen LogP contribution in [0.1, 0.15) is 24.2 Å². The summed E-state index contributed by atoms with van der Waals surface area (Å²) in [6.07, 6.45) is 0. The van der Waals surface area contributed by atoms with Crippen LogP contribution in [0.5, 0.6) is 11.5 Å². The van der Waals surface area contributed by atoms with Gasteiger partial charge in [0.2, 0.25) is 0 Å². The Hall–Kier alpha value is -3.07. The highest BCUT2D eigenvalue weighted by molar-refractivity contribution is 7.97. The number of carbonyl (C=O) groups is 1. The van der Waals surface area contributed by atoms with E-state index < -0.39 is 12.5 Å². The van der Waals surface area contributed by atoms with E-state index >= 15 is 0 Å². The predicted molar refractivity (Wildman–Crippen MR) is 108 cm³/mol. The van der Waals surface area contributed by atoms with Gasteiger partial charge in [-0.3, -0.25) is 14.6 Å². The van der Waals surface area contributed by atoms with Crippen LogP contribution in [-0.4, -0.2) is 29.8 Å². The molecule has 0 aliphatic rings. The number of halogens is 2. The Bertz CT molecular complexity index is 935. The fourth-order valence-electron chi connectivity index (χ4n) is 2.37.